The Morgan fingerprint density at radius 1 is 0.661 bits per heavy atom. The van der Waals surface area contributed by atoms with E-state index >= 15 is 0 Å². The molecule has 2 aliphatic heterocycles. The second-order valence-electron chi connectivity index (χ2n) is 15.4. The number of rotatable bonds is 25. The molecule has 2 atom stereocenters. The number of benzene rings is 2. The number of carboxylic acids is 2. The topological polar surface area (TPSA) is 220 Å². The van der Waals surface area contributed by atoms with Crippen molar-refractivity contribution in [2.45, 2.75) is 65.2 Å². The standard InChI is InChI=1S/C44H52Br2N4O12/c1-25-29(23-61-43-37(45)9-31(13-47-15-33(51)11-39(53)54)41(49-43)59-21-27-17-57-18-27)5-3-7-35(25)36-8-4-6-30(26(36)2)24-62-44-38(46)10-32(14-48-16-34(52)12-40(55)56)42(50-44)60-22-28-19-58-20-28/h3-10,27-28,33-34,47-48,51-52H,11-24H2,1-2H3,(H,53,54)(H,55,56)/t33-,34-/m0/s1. The summed E-state index contributed by atoms with van der Waals surface area (Å²) in [5.74, 6) is -0.174. The van der Waals surface area contributed by atoms with E-state index in [1.54, 1.807) is 0 Å². The van der Waals surface area contributed by atoms with Crippen LogP contribution in [0.15, 0.2) is 57.5 Å². The van der Waals surface area contributed by atoms with Crippen molar-refractivity contribution in [3.8, 4) is 34.6 Å². The lowest BCUT2D eigenvalue weighted by atomic mass is 9.92. The van der Waals surface area contributed by atoms with Crippen LogP contribution in [-0.4, -0.2) is 107 Å². The number of hydrogen-bond donors (Lipinski definition) is 6. The van der Waals surface area contributed by atoms with Crippen molar-refractivity contribution in [1.29, 1.82) is 0 Å². The molecular formula is C44H52Br2N4O12. The molecule has 334 valence electrons. The van der Waals surface area contributed by atoms with Crippen molar-refractivity contribution in [1.82, 2.24) is 20.6 Å². The lowest BCUT2D eigenvalue weighted by Crippen LogP contribution is -2.33. The summed E-state index contributed by atoms with van der Waals surface area (Å²) < 4.78 is 36.7. The molecule has 4 aromatic rings. The molecule has 0 bridgehead atoms. The molecule has 2 saturated heterocycles. The number of carboxylic acid groups (broad SMARTS) is 2. The Balaban J connectivity index is 1.13. The summed E-state index contributed by atoms with van der Waals surface area (Å²) in [6.07, 6.45) is -2.79. The van der Waals surface area contributed by atoms with Gasteiger partial charge in [0.25, 0.3) is 0 Å². The molecule has 2 aromatic carbocycles. The average Bonchev–Trinajstić information content (AvgIpc) is 3.17. The maximum absolute atomic E-state index is 11.0. The summed E-state index contributed by atoms with van der Waals surface area (Å²) in [5.41, 5.74) is 7.52. The van der Waals surface area contributed by atoms with Gasteiger partial charge in [-0.3, -0.25) is 9.59 Å². The number of halogens is 2. The number of nitrogens with zero attached hydrogens (tertiary/aromatic N) is 2. The molecule has 6 N–H and O–H groups in total. The zero-order valence-electron chi connectivity index (χ0n) is 34.5. The van der Waals surface area contributed by atoms with Gasteiger partial charge in [0.1, 0.15) is 13.2 Å². The Labute approximate surface area is 376 Å². The van der Waals surface area contributed by atoms with Crippen molar-refractivity contribution in [2.24, 2.45) is 11.8 Å². The molecule has 62 heavy (non-hydrogen) atoms. The summed E-state index contributed by atoms with van der Waals surface area (Å²) in [5, 5.41) is 44.2. The molecule has 0 saturated carbocycles. The Morgan fingerprint density at radius 3 is 1.42 bits per heavy atom. The van der Waals surface area contributed by atoms with Gasteiger partial charge in [-0.15, -0.1) is 0 Å². The van der Waals surface area contributed by atoms with Crippen LogP contribution >= 0.6 is 31.9 Å². The molecule has 4 heterocycles. The molecule has 2 aromatic heterocycles. The highest BCUT2D eigenvalue weighted by molar-refractivity contribution is 9.10. The van der Waals surface area contributed by atoms with Crippen LogP contribution in [-0.2, 0) is 45.4 Å². The molecule has 18 heteroatoms. The van der Waals surface area contributed by atoms with Crippen LogP contribution in [0, 0.1) is 25.7 Å². The second kappa shape index (κ2) is 22.8. The summed E-state index contributed by atoms with van der Waals surface area (Å²) in [6.45, 7) is 8.63. The average molecular weight is 989 g/mol. The van der Waals surface area contributed by atoms with Gasteiger partial charge in [0.15, 0.2) is 0 Å². The smallest absolute Gasteiger partial charge is 0.306 e. The van der Waals surface area contributed by atoms with Gasteiger partial charge in [0.05, 0.1) is 73.6 Å². The lowest BCUT2D eigenvalue weighted by molar-refractivity contribution is -0.140. The SMILES string of the molecule is Cc1c(COc2nc(OCC3COC3)c(CNC[C@@H](O)CC(=O)O)cc2Br)cccc1-c1cccc(COc2nc(OCC3COC3)c(CNC[C@@H](O)CC(=O)O)cc2Br)c1C. The zero-order chi connectivity index (χ0) is 44.2. The fraction of sp³-hybridized carbons (Fsp3) is 0.455. The summed E-state index contributed by atoms with van der Waals surface area (Å²) in [4.78, 5) is 31.4. The normalized spacial score (nSPS) is 15.0. The third kappa shape index (κ3) is 13.3. The quantitative estimate of drug-likeness (QED) is 0.0493. The Bertz CT molecular complexity index is 2020. The van der Waals surface area contributed by atoms with Crippen LogP contribution in [0.4, 0.5) is 0 Å². The highest BCUT2D eigenvalue weighted by atomic mass is 79.9. The molecular weight excluding hydrogens is 936 g/mol. The third-order valence-electron chi connectivity index (χ3n) is 10.4. The lowest BCUT2D eigenvalue weighted by Gasteiger charge is -2.26. The third-order valence-corrected chi connectivity index (χ3v) is 11.6. The number of aliphatic hydroxyl groups excluding tert-OH is 2. The van der Waals surface area contributed by atoms with Crippen molar-refractivity contribution >= 4 is 43.8 Å². The fourth-order valence-electron chi connectivity index (χ4n) is 6.70. The first-order valence-electron chi connectivity index (χ1n) is 20.3. The van der Waals surface area contributed by atoms with E-state index in [9.17, 15) is 19.8 Å². The second-order valence-corrected chi connectivity index (χ2v) is 17.1. The number of ether oxygens (including phenoxy) is 6. The first-order chi connectivity index (χ1) is 29.8. The summed E-state index contributed by atoms with van der Waals surface area (Å²) >= 11 is 7.21. The minimum atomic E-state index is -1.07. The summed E-state index contributed by atoms with van der Waals surface area (Å²) in [6, 6.07) is 15.9. The van der Waals surface area contributed by atoms with Crippen LogP contribution in [0.1, 0.15) is 46.2 Å². The van der Waals surface area contributed by atoms with Crippen LogP contribution in [0.3, 0.4) is 0 Å². The Morgan fingerprint density at radius 2 is 1.06 bits per heavy atom. The van der Waals surface area contributed by atoms with Gasteiger partial charge < -0.3 is 59.5 Å². The number of aliphatic carboxylic acids is 2. The van der Waals surface area contributed by atoms with Crippen molar-refractivity contribution in [3.63, 3.8) is 0 Å². The minimum Gasteiger partial charge on any atom is -0.481 e. The molecule has 16 nitrogen and oxygen atoms in total. The number of carbonyl (C=O) groups is 2. The van der Waals surface area contributed by atoms with Crippen LogP contribution in [0.2, 0.25) is 0 Å². The molecule has 0 radical (unpaired) electrons. The van der Waals surface area contributed by atoms with Crippen molar-refractivity contribution < 1.29 is 58.4 Å². The van der Waals surface area contributed by atoms with Gasteiger partial charge >= 0.3 is 11.9 Å². The number of pyridine rings is 2. The minimum absolute atomic E-state index is 0.0891. The van der Waals surface area contributed by atoms with E-state index in [4.69, 9.17) is 48.6 Å². The molecule has 2 aliphatic rings. The van der Waals surface area contributed by atoms with Crippen LogP contribution in [0.5, 0.6) is 23.5 Å². The van der Waals surface area contributed by atoms with Crippen LogP contribution in [0.25, 0.3) is 11.1 Å². The van der Waals surface area contributed by atoms with E-state index in [1.165, 1.54) is 0 Å². The predicted molar refractivity (Wildman–Crippen MR) is 233 cm³/mol. The van der Waals surface area contributed by atoms with Gasteiger partial charge in [0, 0.05) is 49.1 Å². The molecule has 0 amide bonds. The van der Waals surface area contributed by atoms with E-state index in [-0.39, 0.29) is 51.0 Å². The van der Waals surface area contributed by atoms with E-state index in [2.05, 4.69) is 68.5 Å². The Hall–Kier alpha value is -4.40. The van der Waals surface area contributed by atoms with Gasteiger partial charge in [-0.05, 0) is 91.2 Å². The highest BCUT2D eigenvalue weighted by Crippen LogP contribution is 2.35. The van der Waals surface area contributed by atoms with E-state index in [0.717, 1.165) is 44.5 Å². The zero-order valence-corrected chi connectivity index (χ0v) is 37.7. The van der Waals surface area contributed by atoms with Gasteiger partial charge in [-0.2, -0.15) is 9.97 Å². The molecule has 0 unspecified atom stereocenters. The monoisotopic (exact) mass is 986 g/mol. The predicted octanol–water partition coefficient (Wildman–Crippen LogP) is 5.34. The molecule has 0 spiro atoms. The Kier molecular flexibility index (Phi) is 17.3. The van der Waals surface area contributed by atoms with Crippen molar-refractivity contribution in [3.05, 3.63) is 90.9 Å². The number of hydrogen-bond acceptors (Lipinski definition) is 14. The van der Waals surface area contributed by atoms with Crippen molar-refractivity contribution in [2.75, 3.05) is 52.7 Å². The van der Waals surface area contributed by atoms with Gasteiger partial charge in [-0.25, -0.2) is 0 Å². The van der Waals surface area contributed by atoms with E-state index in [1.807, 2.05) is 36.4 Å². The van der Waals surface area contributed by atoms with Gasteiger partial charge in [0.2, 0.25) is 23.5 Å². The summed E-state index contributed by atoms with van der Waals surface area (Å²) in [7, 11) is 0. The molecule has 6 rings (SSSR count). The largest absolute Gasteiger partial charge is 0.481 e. The highest BCUT2D eigenvalue weighted by Gasteiger charge is 2.24. The van der Waals surface area contributed by atoms with Gasteiger partial charge in [-0.1, -0.05) is 36.4 Å². The van der Waals surface area contributed by atoms with Crippen LogP contribution < -0.4 is 29.6 Å². The number of nitrogens with one attached hydrogen (secondary N) is 2. The molecule has 2 fully saturated rings. The van der Waals surface area contributed by atoms with E-state index < -0.39 is 24.1 Å². The maximum atomic E-state index is 11.0. The molecule has 0 aliphatic carbocycles. The maximum Gasteiger partial charge on any atom is 0.306 e. The fourth-order valence-corrected chi connectivity index (χ4v) is 7.66. The van der Waals surface area contributed by atoms with E-state index in [0.29, 0.717) is 85.2 Å². The first-order valence-corrected chi connectivity index (χ1v) is 21.9. The first kappa shape index (κ1) is 47.1. The number of aliphatic hydroxyl groups is 2. The number of aromatic nitrogens is 2.